The third-order valence-corrected chi connectivity index (χ3v) is 5.56. The van der Waals surface area contributed by atoms with Gasteiger partial charge in [-0.1, -0.05) is 17.7 Å². The Morgan fingerprint density at radius 3 is 2.20 bits per heavy atom. The quantitative estimate of drug-likeness (QED) is 0.658. The highest BCUT2D eigenvalue weighted by Gasteiger charge is 2.16. The van der Waals surface area contributed by atoms with Gasteiger partial charge in [0.1, 0.15) is 0 Å². The molecule has 0 saturated heterocycles. The summed E-state index contributed by atoms with van der Waals surface area (Å²) in [5, 5.41) is 7.65. The van der Waals surface area contributed by atoms with Gasteiger partial charge in [-0.15, -0.1) is 0 Å². The van der Waals surface area contributed by atoms with E-state index in [0.29, 0.717) is 5.69 Å². The second-order valence-electron chi connectivity index (χ2n) is 4.90. The molecule has 2 aromatic carbocycles. The molecule has 0 heterocycles. The van der Waals surface area contributed by atoms with E-state index in [1.165, 1.54) is 48.5 Å². The van der Waals surface area contributed by atoms with Crippen LogP contribution in [0.25, 0.3) is 0 Å². The first-order chi connectivity index (χ1) is 11.6. The molecular formula is C14H14ClN3O5S2. The fraction of sp³-hybridized carbons (Fsp3) is 0.0714. The summed E-state index contributed by atoms with van der Waals surface area (Å²) in [5.41, 5.74) is 0.291. The molecule has 4 N–H and O–H groups in total. The van der Waals surface area contributed by atoms with Crippen molar-refractivity contribution in [2.24, 2.45) is 5.14 Å². The number of halogens is 1. The Balaban J connectivity index is 1.99. The van der Waals surface area contributed by atoms with Crippen molar-refractivity contribution in [3.63, 3.8) is 0 Å². The lowest BCUT2D eigenvalue weighted by molar-refractivity contribution is -0.115. The van der Waals surface area contributed by atoms with Gasteiger partial charge in [-0.3, -0.25) is 4.79 Å². The highest BCUT2D eigenvalue weighted by Crippen LogP contribution is 2.15. The molecule has 0 bridgehead atoms. The average molecular weight is 404 g/mol. The molecule has 11 heteroatoms. The van der Waals surface area contributed by atoms with Crippen molar-refractivity contribution in [3.05, 3.63) is 53.6 Å². The first-order valence-corrected chi connectivity index (χ1v) is 10.2. The van der Waals surface area contributed by atoms with Crippen LogP contribution in [0.15, 0.2) is 58.3 Å². The van der Waals surface area contributed by atoms with Gasteiger partial charge in [0.05, 0.1) is 16.3 Å². The lowest BCUT2D eigenvalue weighted by Gasteiger charge is -2.08. The Morgan fingerprint density at radius 1 is 1.00 bits per heavy atom. The molecule has 8 nitrogen and oxygen atoms in total. The largest absolute Gasteiger partial charge is 0.325 e. The summed E-state index contributed by atoms with van der Waals surface area (Å²) < 4.78 is 48.6. The summed E-state index contributed by atoms with van der Waals surface area (Å²) in [4.78, 5) is 11.7. The minimum absolute atomic E-state index is 0.0645. The summed E-state index contributed by atoms with van der Waals surface area (Å²) in [6.45, 7) is -0.508. The Labute approximate surface area is 150 Å². The van der Waals surface area contributed by atoms with Crippen LogP contribution < -0.4 is 15.2 Å². The monoisotopic (exact) mass is 403 g/mol. The molecule has 0 unspecified atom stereocenters. The molecule has 0 fully saturated rings. The zero-order valence-electron chi connectivity index (χ0n) is 12.6. The molecule has 0 aliphatic carbocycles. The number of hydrogen-bond acceptors (Lipinski definition) is 5. The normalized spacial score (nSPS) is 11.9. The van der Waals surface area contributed by atoms with E-state index >= 15 is 0 Å². The molecular weight excluding hydrogens is 390 g/mol. The predicted octanol–water partition coefficient (Wildman–Crippen LogP) is 0.904. The number of primary sulfonamides is 1. The topological polar surface area (TPSA) is 135 Å². The molecule has 0 aliphatic heterocycles. The van der Waals surface area contributed by atoms with E-state index in [0.717, 1.165) is 0 Å². The number of rotatable bonds is 6. The van der Waals surface area contributed by atoms with Gasteiger partial charge in [0.25, 0.3) is 0 Å². The maximum Gasteiger partial charge on any atom is 0.241 e. The molecule has 0 radical (unpaired) electrons. The van der Waals surface area contributed by atoms with Crippen LogP contribution in [0.2, 0.25) is 5.02 Å². The van der Waals surface area contributed by atoms with Gasteiger partial charge in [0.15, 0.2) is 0 Å². The van der Waals surface area contributed by atoms with Crippen LogP contribution >= 0.6 is 11.6 Å². The van der Waals surface area contributed by atoms with E-state index in [-0.39, 0.29) is 14.8 Å². The zero-order valence-corrected chi connectivity index (χ0v) is 15.0. The van der Waals surface area contributed by atoms with Crippen LogP contribution in [0, 0.1) is 0 Å². The molecule has 2 rings (SSSR count). The summed E-state index contributed by atoms with van der Waals surface area (Å²) in [6, 6.07) is 10.7. The van der Waals surface area contributed by atoms with E-state index in [4.69, 9.17) is 16.7 Å². The lowest BCUT2D eigenvalue weighted by Crippen LogP contribution is -2.32. The van der Waals surface area contributed by atoms with Gasteiger partial charge in [-0.2, -0.15) is 0 Å². The summed E-state index contributed by atoms with van der Waals surface area (Å²) in [6.07, 6.45) is 0. The third-order valence-electron chi connectivity index (χ3n) is 3.00. The van der Waals surface area contributed by atoms with Crippen LogP contribution in [-0.2, 0) is 24.8 Å². The first kappa shape index (κ1) is 19.3. The molecule has 0 spiro atoms. The number of carbonyl (C=O) groups excluding carboxylic acids is 1. The van der Waals surface area contributed by atoms with Crippen molar-refractivity contribution < 1.29 is 21.6 Å². The Kier molecular flexibility index (Phi) is 5.80. The molecule has 2 aromatic rings. The average Bonchev–Trinajstić information content (AvgIpc) is 2.53. The second-order valence-corrected chi connectivity index (χ2v) is 8.66. The van der Waals surface area contributed by atoms with Crippen LogP contribution in [-0.4, -0.2) is 29.3 Å². The van der Waals surface area contributed by atoms with Crippen LogP contribution in [0.1, 0.15) is 0 Å². The SMILES string of the molecule is NS(=O)(=O)c1ccc(NC(=O)CNS(=O)(=O)c2cccc(Cl)c2)cc1. The van der Waals surface area contributed by atoms with E-state index in [1.807, 2.05) is 0 Å². The maximum atomic E-state index is 12.1. The Hall–Kier alpha value is -1.98. The van der Waals surface area contributed by atoms with Crippen molar-refractivity contribution in [1.29, 1.82) is 0 Å². The van der Waals surface area contributed by atoms with Gasteiger partial charge < -0.3 is 5.32 Å². The number of anilines is 1. The van der Waals surface area contributed by atoms with Gasteiger partial charge in [0.2, 0.25) is 26.0 Å². The highest BCUT2D eigenvalue weighted by atomic mass is 35.5. The Bertz CT molecular complexity index is 989. The van der Waals surface area contributed by atoms with Gasteiger partial charge in [0, 0.05) is 10.7 Å². The minimum atomic E-state index is -3.89. The standard InChI is InChI=1S/C14H14ClN3O5S2/c15-10-2-1-3-13(8-10)25(22,23)17-9-14(19)18-11-4-6-12(7-5-11)24(16,20)21/h1-8,17H,9H2,(H,18,19)(H2,16,20,21). The second kappa shape index (κ2) is 7.50. The summed E-state index contributed by atoms with van der Waals surface area (Å²) >= 11 is 5.74. The molecule has 0 aliphatic rings. The van der Waals surface area contributed by atoms with E-state index in [2.05, 4.69) is 10.0 Å². The van der Waals surface area contributed by atoms with E-state index in [9.17, 15) is 21.6 Å². The molecule has 0 saturated carbocycles. The van der Waals surface area contributed by atoms with Crippen LogP contribution in [0.5, 0.6) is 0 Å². The predicted molar refractivity (Wildman–Crippen MR) is 93.1 cm³/mol. The smallest absolute Gasteiger partial charge is 0.241 e. The number of benzene rings is 2. The number of amides is 1. The fourth-order valence-electron chi connectivity index (χ4n) is 1.81. The molecule has 1 amide bonds. The van der Waals surface area contributed by atoms with Crippen molar-refractivity contribution in [2.45, 2.75) is 9.79 Å². The van der Waals surface area contributed by atoms with Gasteiger partial charge >= 0.3 is 0 Å². The van der Waals surface area contributed by atoms with Crippen molar-refractivity contribution in [2.75, 3.05) is 11.9 Å². The third kappa shape index (κ3) is 5.51. The number of nitrogens with two attached hydrogens (primary N) is 1. The number of carbonyl (C=O) groups is 1. The maximum absolute atomic E-state index is 12.1. The van der Waals surface area contributed by atoms with Gasteiger partial charge in [-0.05, 0) is 42.5 Å². The number of hydrogen-bond donors (Lipinski definition) is 3. The molecule has 134 valence electrons. The molecule has 0 aromatic heterocycles. The number of sulfonamides is 2. The summed E-state index contributed by atoms with van der Waals surface area (Å²) in [5.74, 6) is -0.631. The van der Waals surface area contributed by atoms with Crippen molar-refractivity contribution >= 4 is 43.2 Å². The number of nitrogens with one attached hydrogen (secondary N) is 2. The van der Waals surface area contributed by atoms with Crippen molar-refractivity contribution in [1.82, 2.24) is 4.72 Å². The minimum Gasteiger partial charge on any atom is -0.325 e. The summed E-state index contributed by atoms with van der Waals surface area (Å²) in [7, 11) is -7.71. The molecule has 25 heavy (non-hydrogen) atoms. The van der Waals surface area contributed by atoms with E-state index in [1.54, 1.807) is 0 Å². The fourth-order valence-corrected chi connectivity index (χ4v) is 3.61. The van der Waals surface area contributed by atoms with Gasteiger partial charge in [-0.25, -0.2) is 26.7 Å². The molecule has 0 atom stereocenters. The first-order valence-electron chi connectivity index (χ1n) is 6.76. The highest BCUT2D eigenvalue weighted by molar-refractivity contribution is 7.89. The van der Waals surface area contributed by atoms with Crippen LogP contribution in [0.4, 0.5) is 5.69 Å². The van der Waals surface area contributed by atoms with E-state index < -0.39 is 32.5 Å². The van der Waals surface area contributed by atoms with Crippen molar-refractivity contribution in [3.8, 4) is 0 Å². The zero-order chi connectivity index (χ0) is 18.7. The van der Waals surface area contributed by atoms with Crippen LogP contribution in [0.3, 0.4) is 0 Å². The Morgan fingerprint density at radius 2 is 1.64 bits per heavy atom. The lowest BCUT2D eigenvalue weighted by atomic mass is 10.3.